The summed E-state index contributed by atoms with van der Waals surface area (Å²) in [7, 11) is 0. The highest BCUT2D eigenvalue weighted by Crippen LogP contribution is 2.42. The Morgan fingerprint density at radius 1 is 0.333 bits per heavy atom. The molecule has 0 saturated carbocycles. The molecule has 0 fully saturated rings. The molecule has 78 heavy (non-hydrogen) atoms. The molecule has 14 heteroatoms. The molecular weight excluding hydrogens is 977 g/mol. The number of hydrogen-bond acceptors (Lipinski definition) is 6. The molecule has 10 rings (SSSR count). The highest BCUT2D eigenvalue weighted by Gasteiger charge is 2.32. The van der Waals surface area contributed by atoms with Gasteiger partial charge in [-0.25, -0.2) is 0 Å². The van der Waals surface area contributed by atoms with E-state index in [9.17, 15) is 29.4 Å². The van der Waals surface area contributed by atoms with Gasteiger partial charge in [-0.15, -0.1) is 0 Å². The van der Waals surface area contributed by atoms with E-state index in [0.29, 0.717) is 11.1 Å². The monoisotopic (exact) mass is 1040 g/mol. The summed E-state index contributed by atoms with van der Waals surface area (Å²) in [6, 6.07) is 30.6. The molecule has 0 radical (unpaired) electrons. The van der Waals surface area contributed by atoms with Crippen molar-refractivity contribution in [3.8, 4) is 11.5 Å². The number of aromatic hydroxyl groups is 2. The molecule has 0 saturated heterocycles. The molecule has 400 valence electrons. The maximum Gasteiger partial charge on any atom is 0.161 e. The van der Waals surface area contributed by atoms with Crippen LogP contribution < -0.4 is 0 Å². The van der Waals surface area contributed by atoms with Gasteiger partial charge in [-0.3, -0.25) is 19.2 Å². The first-order valence-electron chi connectivity index (χ1n) is 26.2. The van der Waals surface area contributed by atoms with Crippen molar-refractivity contribution in [2.75, 3.05) is 0 Å². The Morgan fingerprint density at radius 2 is 0.590 bits per heavy atom. The van der Waals surface area contributed by atoms with Gasteiger partial charge in [0, 0.05) is 114 Å². The van der Waals surface area contributed by atoms with Crippen LogP contribution in [0, 0.1) is 55.4 Å². The summed E-state index contributed by atoms with van der Waals surface area (Å²) < 4.78 is 0. The van der Waals surface area contributed by atoms with Crippen molar-refractivity contribution in [3.63, 3.8) is 0 Å². The van der Waals surface area contributed by atoms with E-state index in [4.69, 9.17) is 0 Å². The largest absolute Gasteiger partial charge is 0.508 e. The molecule has 8 aromatic heterocycles. The van der Waals surface area contributed by atoms with Gasteiger partial charge in [0.1, 0.15) is 11.5 Å². The van der Waals surface area contributed by atoms with E-state index in [0.717, 1.165) is 124 Å². The quantitative estimate of drug-likeness (QED) is 0.0422. The van der Waals surface area contributed by atoms with Crippen molar-refractivity contribution < 1.29 is 29.4 Å². The van der Waals surface area contributed by atoms with E-state index in [-0.39, 0.29) is 58.3 Å². The molecule has 10 N–H and O–H groups in total. The molecule has 10 aromatic rings. The van der Waals surface area contributed by atoms with Gasteiger partial charge in [-0.1, -0.05) is 24.3 Å². The zero-order valence-electron chi connectivity index (χ0n) is 46.2. The number of aromatic nitrogens is 8. The maximum absolute atomic E-state index is 12.5. The van der Waals surface area contributed by atoms with Gasteiger partial charge in [0.25, 0.3) is 0 Å². The minimum Gasteiger partial charge on any atom is -0.508 e. The normalized spacial score (nSPS) is 13.0. The van der Waals surface area contributed by atoms with Crippen molar-refractivity contribution in [2.45, 2.75) is 107 Å². The van der Waals surface area contributed by atoms with Crippen LogP contribution in [-0.2, 0) is 0 Å². The number of H-pyrrole nitrogens is 8. The second kappa shape index (κ2) is 21.5. The third kappa shape index (κ3) is 9.97. The summed E-state index contributed by atoms with van der Waals surface area (Å²) in [4.78, 5) is 77.8. The first-order chi connectivity index (χ1) is 37.2. The molecular formula is C64H68N8O6. The highest BCUT2D eigenvalue weighted by atomic mass is 16.3. The zero-order valence-corrected chi connectivity index (χ0v) is 46.2. The fourth-order valence-corrected chi connectivity index (χ4v) is 12.2. The molecule has 4 unspecified atom stereocenters. The lowest BCUT2D eigenvalue weighted by Gasteiger charge is -2.20. The number of rotatable bonds is 16. The van der Waals surface area contributed by atoms with Crippen LogP contribution in [0.25, 0.3) is 0 Å². The number of carbonyl (C=O) groups excluding carboxylic acids is 4. The lowest BCUT2D eigenvalue weighted by molar-refractivity contribution is 0.100. The van der Waals surface area contributed by atoms with Gasteiger partial charge in [0.05, 0.1) is 23.7 Å². The number of carbonyl (C=O) groups is 4. The first-order valence-corrected chi connectivity index (χ1v) is 26.2. The van der Waals surface area contributed by atoms with Crippen molar-refractivity contribution >= 4 is 23.1 Å². The molecule has 4 atom stereocenters. The topological polar surface area (TPSA) is 235 Å². The minimum atomic E-state index is -0.268. The van der Waals surface area contributed by atoms with Crippen LogP contribution in [0.2, 0.25) is 0 Å². The number of phenols is 2. The number of Topliss-reactive ketones (excluding diaryl/α,β-unsaturated/α-hetero) is 4. The molecule has 14 nitrogen and oxygen atoms in total. The predicted molar refractivity (Wildman–Crippen MR) is 304 cm³/mol. The number of hydrogen-bond donors (Lipinski definition) is 10. The maximum atomic E-state index is 12.5. The SMILES string of the molecule is CC(=O)c1c(C)[nH]c(C(c2ccc(O)cc2)c2ccc(C(c3ccc(O)cc3)c3[nH]c(C)c(C(C)=O)c3C)[nH]2)c1C.CC(=O)c1c(C)[nH]c(C(c2ccc[nH]2)c2ccc(C(c3ccc[nH]3)c3[nH]c(C)c(C(C)=O)c3C)[nH]2)c1C. The summed E-state index contributed by atoms with van der Waals surface area (Å²) in [5.41, 5.74) is 21.5. The van der Waals surface area contributed by atoms with Crippen LogP contribution in [-0.4, -0.2) is 73.2 Å². The number of benzene rings is 2. The molecule has 0 amide bonds. The van der Waals surface area contributed by atoms with Gasteiger partial charge in [-0.05, 0) is 189 Å². The van der Waals surface area contributed by atoms with Crippen LogP contribution in [0.3, 0.4) is 0 Å². The van der Waals surface area contributed by atoms with Gasteiger partial charge >= 0.3 is 0 Å². The van der Waals surface area contributed by atoms with E-state index in [1.54, 1.807) is 52.0 Å². The average molecular weight is 1050 g/mol. The van der Waals surface area contributed by atoms with E-state index in [1.165, 1.54) is 0 Å². The third-order valence-corrected chi connectivity index (χ3v) is 15.5. The molecule has 0 bridgehead atoms. The Labute approximate surface area is 453 Å². The van der Waals surface area contributed by atoms with Crippen LogP contribution in [0.15, 0.2) is 109 Å². The molecule has 0 aliphatic carbocycles. The first kappa shape index (κ1) is 53.8. The van der Waals surface area contributed by atoms with Crippen molar-refractivity contribution in [2.24, 2.45) is 0 Å². The highest BCUT2D eigenvalue weighted by molar-refractivity contribution is 5.99. The van der Waals surface area contributed by atoms with Gasteiger partial charge < -0.3 is 50.1 Å². The Kier molecular flexibility index (Phi) is 14.8. The summed E-state index contributed by atoms with van der Waals surface area (Å²) in [5, 5.41) is 20.0. The summed E-state index contributed by atoms with van der Waals surface area (Å²) in [6.07, 6.45) is 3.83. The lowest BCUT2D eigenvalue weighted by atomic mass is 9.89. The predicted octanol–water partition coefficient (Wildman–Crippen LogP) is 13.4. The molecule has 8 heterocycles. The number of aromatic amines is 8. The Bertz CT molecular complexity index is 3580. The number of aryl methyl sites for hydroxylation is 4. The minimum absolute atomic E-state index is 0.00499. The average Bonchev–Trinajstić information content (AvgIpc) is 4.32. The Balaban J connectivity index is 0.000000191. The Hall–Kier alpha value is -9.04. The van der Waals surface area contributed by atoms with E-state index >= 15 is 0 Å². The van der Waals surface area contributed by atoms with Crippen LogP contribution >= 0.6 is 0 Å². The molecule has 0 aliphatic heterocycles. The molecule has 2 aromatic carbocycles. The van der Waals surface area contributed by atoms with E-state index in [1.807, 2.05) is 116 Å². The fraction of sp³-hybridized carbons (Fsp3) is 0.250. The summed E-state index contributed by atoms with van der Waals surface area (Å²) >= 11 is 0. The van der Waals surface area contributed by atoms with Crippen molar-refractivity contribution in [3.05, 3.63) is 245 Å². The second-order valence-electron chi connectivity index (χ2n) is 20.8. The van der Waals surface area contributed by atoms with E-state index in [2.05, 4.69) is 64.1 Å². The van der Waals surface area contributed by atoms with Crippen LogP contribution in [0.1, 0.15) is 206 Å². The van der Waals surface area contributed by atoms with Crippen molar-refractivity contribution in [1.29, 1.82) is 0 Å². The molecule has 0 aliphatic rings. The van der Waals surface area contributed by atoms with Crippen molar-refractivity contribution in [1.82, 2.24) is 39.9 Å². The van der Waals surface area contributed by atoms with E-state index < -0.39 is 0 Å². The number of phenolic OH excluding ortho intramolecular Hbond substituents is 2. The standard InChI is InChI=1S/C34H35N3O4.C30H33N5O2/c1-17-29(21(5)38)19(3)35-33(17)31(23-7-11-25(40)12-8-23)27-15-16-28(37-27)32(24-9-13-26(41)14-10-24)34-18(2)30(22(6)39)20(4)36-34;1-15-25(19(5)36)17(3)33-29(15)27(21-9-7-13-31-21)23-11-12-24(35-23)28(22-10-8-14-32-22)30-16(2)26(20(6)37)18(4)34-30/h7-16,31-32,35-37,40-41H,1-6H3;7-14,27-28,31-35H,1-6H3. The second-order valence-corrected chi connectivity index (χ2v) is 20.8. The summed E-state index contributed by atoms with van der Waals surface area (Å²) in [5.74, 6) is -0.341. The third-order valence-electron chi connectivity index (χ3n) is 15.5. The lowest BCUT2D eigenvalue weighted by Crippen LogP contribution is -2.10. The number of nitrogens with one attached hydrogen (secondary N) is 8. The number of ketones is 4. The fourth-order valence-electron chi connectivity index (χ4n) is 12.2. The summed E-state index contributed by atoms with van der Waals surface area (Å²) in [6.45, 7) is 22.0. The molecule has 0 spiro atoms. The Morgan fingerprint density at radius 3 is 0.821 bits per heavy atom. The van der Waals surface area contributed by atoms with Crippen LogP contribution in [0.5, 0.6) is 11.5 Å². The smallest absolute Gasteiger partial charge is 0.161 e. The van der Waals surface area contributed by atoms with Gasteiger partial charge in [-0.2, -0.15) is 0 Å². The van der Waals surface area contributed by atoms with Gasteiger partial charge in [0.15, 0.2) is 23.1 Å². The van der Waals surface area contributed by atoms with Crippen LogP contribution in [0.4, 0.5) is 0 Å². The van der Waals surface area contributed by atoms with Gasteiger partial charge in [0.2, 0.25) is 0 Å². The zero-order chi connectivity index (χ0) is 56.0.